The van der Waals surface area contributed by atoms with Crippen LogP contribution in [-0.4, -0.2) is 17.5 Å². The van der Waals surface area contributed by atoms with Crippen molar-refractivity contribution in [2.24, 2.45) is 0 Å². The number of likely N-dealkylation sites (tertiary alicyclic amines) is 1. The molecule has 1 aliphatic heterocycles. The van der Waals surface area contributed by atoms with Crippen LogP contribution in [0.1, 0.15) is 49.4 Å². The van der Waals surface area contributed by atoms with Crippen LogP contribution >= 0.6 is 0 Å². The summed E-state index contributed by atoms with van der Waals surface area (Å²) in [6.07, 6.45) is 3.81. The summed E-state index contributed by atoms with van der Waals surface area (Å²) in [5.74, 6) is 0. The van der Waals surface area contributed by atoms with Crippen LogP contribution in [0.15, 0.2) is 54.6 Å². The molecule has 2 aliphatic rings. The monoisotopic (exact) mass is 291 g/mol. The molecule has 0 saturated carbocycles. The van der Waals surface area contributed by atoms with Crippen LogP contribution in [0.3, 0.4) is 0 Å². The zero-order chi connectivity index (χ0) is 15.2. The Labute approximate surface area is 134 Å². The number of aryl methyl sites for hydroxylation is 1. The lowest BCUT2D eigenvalue weighted by Gasteiger charge is -2.43. The number of hydrogen-bond acceptors (Lipinski definition) is 1. The van der Waals surface area contributed by atoms with E-state index in [-0.39, 0.29) is 0 Å². The molecule has 0 spiro atoms. The van der Waals surface area contributed by atoms with Gasteiger partial charge in [-0.25, -0.2) is 0 Å². The maximum Gasteiger partial charge on any atom is 0.0323 e. The molecule has 2 aromatic rings. The Bertz CT molecular complexity index is 663. The fourth-order valence-corrected chi connectivity index (χ4v) is 4.82. The molecule has 1 aliphatic carbocycles. The van der Waals surface area contributed by atoms with E-state index in [9.17, 15) is 0 Å². The Balaban J connectivity index is 1.68. The first-order valence-electron chi connectivity index (χ1n) is 8.59. The summed E-state index contributed by atoms with van der Waals surface area (Å²) in [6, 6.07) is 21.3. The topological polar surface area (TPSA) is 3.24 Å². The third-order valence-corrected chi connectivity index (χ3v) is 6.12. The number of fused-ring (bicyclic) bond motifs is 3. The molecule has 1 fully saturated rings. The molecule has 0 bridgehead atoms. The largest absolute Gasteiger partial charge is 0.293 e. The molecular formula is C21H25N. The Kier molecular flexibility index (Phi) is 3.34. The third kappa shape index (κ3) is 2.03. The minimum atomic E-state index is 0.331. The van der Waals surface area contributed by atoms with E-state index < -0.39 is 0 Å². The van der Waals surface area contributed by atoms with E-state index in [1.807, 2.05) is 0 Å². The van der Waals surface area contributed by atoms with Crippen LogP contribution in [-0.2, 0) is 11.8 Å². The average molecular weight is 291 g/mol. The summed E-state index contributed by atoms with van der Waals surface area (Å²) in [5.41, 5.74) is 4.97. The summed E-state index contributed by atoms with van der Waals surface area (Å²) in [6.45, 7) is 6.08. The van der Waals surface area contributed by atoms with E-state index >= 15 is 0 Å². The van der Waals surface area contributed by atoms with Crippen LogP contribution in [0.5, 0.6) is 0 Å². The van der Waals surface area contributed by atoms with Gasteiger partial charge in [0.15, 0.2) is 0 Å². The van der Waals surface area contributed by atoms with E-state index in [1.54, 1.807) is 11.1 Å². The van der Waals surface area contributed by atoms with Gasteiger partial charge in [-0.2, -0.15) is 0 Å². The Morgan fingerprint density at radius 3 is 2.59 bits per heavy atom. The van der Waals surface area contributed by atoms with Gasteiger partial charge in [-0.3, -0.25) is 4.90 Å². The van der Waals surface area contributed by atoms with Gasteiger partial charge in [-0.05, 0) is 49.4 Å². The van der Waals surface area contributed by atoms with Gasteiger partial charge in [-0.1, -0.05) is 61.5 Å². The van der Waals surface area contributed by atoms with Crippen molar-refractivity contribution in [2.75, 3.05) is 6.54 Å². The van der Waals surface area contributed by atoms with Gasteiger partial charge in [0.25, 0.3) is 0 Å². The first kappa shape index (κ1) is 14.0. The highest BCUT2D eigenvalue weighted by molar-refractivity contribution is 5.40. The van der Waals surface area contributed by atoms with E-state index in [0.29, 0.717) is 17.5 Å². The fourth-order valence-electron chi connectivity index (χ4n) is 4.82. The van der Waals surface area contributed by atoms with Crippen LogP contribution < -0.4 is 0 Å². The maximum absolute atomic E-state index is 2.76. The van der Waals surface area contributed by atoms with Crippen molar-refractivity contribution in [3.8, 4) is 0 Å². The number of nitrogens with zero attached hydrogens (tertiary/aromatic N) is 1. The Hall–Kier alpha value is -1.60. The quantitative estimate of drug-likeness (QED) is 0.773. The summed E-state index contributed by atoms with van der Waals surface area (Å²) in [7, 11) is 0. The first-order valence-corrected chi connectivity index (χ1v) is 8.59. The number of rotatable bonds is 2. The van der Waals surface area contributed by atoms with Crippen molar-refractivity contribution in [1.82, 2.24) is 4.90 Å². The van der Waals surface area contributed by atoms with E-state index in [2.05, 4.69) is 73.3 Å². The lowest BCUT2D eigenvalue weighted by Crippen LogP contribution is -2.45. The van der Waals surface area contributed by atoms with Crippen molar-refractivity contribution in [3.63, 3.8) is 0 Å². The molecule has 1 nitrogen and oxygen atoms in total. The maximum atomic E-state index is 2.76. The molecule has 3 atom stereocenters. The van der Waals surface area contributed by atoms with Gasteiger partial charge in [0.1, 0.15) is 0 Å². The van der Waals surface area contributed by atoms with E-state index in [1.165, 1.54) is 31.4 Å². The summed E-state index contributed by atoms with van der Waals surface area (Å²) in [4.78, 5) is 2.76. The van der Waals surface area contributed by atoms with Gasteiger partial charge in [-0.15, -0.1) is 0 Å². The average Bonchev–Trinajstić information content (AvgIpc) is 2.93. The molecule has 0 unspecified atom stereocenters. The van der Waals surface area contributed by atoms with Crippen molar-refractivity contribution in [1.29, 1.82) is 0 Å². The highest BCUT2D eigenvalue weighted by atomic mass is 15.2. The Morgan fingerprint density at radius 2 is 1.77 bits per heavy atom. The van der Waals surface area contributed by atoms with Gasteiger partial charge < -0.3 is 0 Å². The first-order chi connectivity index (χ1) is 10.7. The van der Waals surface area contributed by atoms with Gasteiger partial charge in [0.2, 0.25) is 0 Å². The summed E-state index contributed by atoms with van der Waals surface area (Å²) in [5, 5.41) is 0. The number of hydrogen-bond donors (Lipinski definition) is 0. The zero-order valence-corrected chi connectivity index (χ0v) is 13.6. The molecule has 22 heavy (non-hydrogen) atoms. The normalized spacial score (nSPS) is 28.9. The Morgan fingerprint density at radius 1 is 1.05 bits per heavy atom. The second-order valence-corrected chi connectivity index (χ2v) is 7.20. The molecular weight excluding hydrogens is 266 g/mol. The minimum absolute atomic E-state index is 0.331. The lowest BCUT2D eigenvalue weighted by molar-refractivity contribution is 0.147. The van der Waals surface area contributed by atoms with Crippen LogP contribution in [0.4, 0.5) is 0 Å². The standard InChI is InChI=1S/C21H25N/c1-16(17-8-4-3-5-9-17)22-15-14-21(2)19-11-7-6-10-18(19)12-13-20(21)22/h3-11,16,20H,12-15H2,1-2H3/t16-,20+,21-/m1/s1. The van der Waals surface area contributed by atoms with Crippen LogP contribution in [0, 0.1) is 0 Å². The highest BCUT2D eigenvalue weighted by Gasteiger charge is 2.48. The smallest absolute Gasteiger partial charge is 0.0323 e. The molecule has 0 radical (unpaired) electrons. The number of benzene rings is 2. The predicted octanol–water partition coefficient (Wildman–Crippen LogP) is 4.73. The molecule has 1 saturated heterocycles. The molecule has 0 N–H and O–H groups in total. The minimum Gasteiger partial charge on any atom is -0.293 e. The fraction of sp³-hybridized carbons (Fsp3) is 0.429. The van der Waals surface area contributed by atoms with Crippen molar-refractivity contribution >= 4 is 0 Å². The predicted molar refractivity (Wildman–Crippen MR) is 92.1 cm³/mol. The third-order valence-electron chi connectivity index (χ3n) is 6.12. The van der Waals surface area contributed by atoms with Crippen molar-refractivity contribution < 1.29 is 0 Å². The zero-order valence-electron chi connectivity index (χ0n) is 13.6. The van der Waals surface area contributed by atoms with Gasteiger partial charge in [0, 0.05) is 17.5 Å². The molecule has 0 amide bonds. The highest BCUT2D eigenvalue weighted by Crippen LogP contribution is 2.48. The second kappa shape index (κ2) is 5.24. The van der Waals surface area contributed by atoms with Crippen molar-refractivity contribution in [2.45, 2.75) is 50.6 Å². The van der Waals surface area contributed by atoms with Crippen molar-refractivity contribution in [3.05, 3.63) is 71.3 Å². The molecule has 2 aromatic carbocycles. The van der Waals surface area contributed by atoms with E-state index in [4.69, 9.17) is 0 Å². The lowest BCUT2D eigenvalue weighted by atomic mass is 9.68. The summed E-state index contributed by atoms with van der Waals surface area (Å²) >= 11 is 0. The summed E-state index contributed by atoms with van der Waals surface area (Å²) < 4.78 is 0. The molecule has 4 rings (SSSR count). The van der Waals surface area contributed by atoms with E-state index in [0.717, 1.165) is 0 Å². The molecule has 1 heteroatoms. The van der Waals surface area contributed by atoms with Crippen LogP contribution in [0.2, 0.25) is 0 Å². The SMILES string of the molecule is C[C@H](c1ccccc1)N1CC[C@]2(C)c3ccccc3CC[C@H]12. The van der Waals surface area contributed by atoms with Gasteiger partial charge >= 0.3 is 0 Å². The molecule has 114 valence electrons. The molecule has 0 aromatic heterocycles. The van der Waals surface area contributed by atoms with Crippen LogP contribution in [0.25, 0.3) is 0 Å². The molecule has 1 heterocycles. The van der Waals surface area contributed by atoms with Gasteiger partial charge in [0.05, 0.1) is 0 Å². The second-order valence-electron chi connectivity index (χ2n) is 7.20.